The molecule has 3 N–H and O–H groups in total. The molecule has 1 saturated carbocycles. The number of aliphatic hydroxyl groups excluding tert-OH is 1. The van der Waals surface area contributed by atoms with Crippen LogP contribution in [0, 0.1) is 0 Å². The topological polar surface area (TPSA) is 98.7 Å². The molecule has 1 aliphatic heterocycles. The first kappa shape index (κ1) is 16.1. The van der Waals surface area contributed by atoms with Crippen molar-refractivity contribution in [3.05, 3.63) is 0 Å². The molecule has 7 nitrogen and oxygen atoms in total. The molecular formula is C13H21N3O4S. The summed E-state index contributed by atoms with van der Waals surface area (Å²) in [6.07, 6.45) is 1.68. The molecule has 1 aliphatic carbocycles. The van der Waals surface area contributed by atoms with Gasteiger partial charge in [0.2, 0.25) is 11.8 Å². The summed E-state index contributed by atoms with van der Waals surface area (Å²) in [7, 11) is 0. The first-order valence-electron chi connectivity index (χ1n) is 7.17. The number of likely N-dealkylation sites (tertiary alicyclic amines) is 1. The Morgan fingerprint density at radius 1 is 1.24 bits per heavy atom. The number of aliphatic hydroxyl groups is 1. The molecule has 8 heteroatoms. The van der Waals surface area contributed by atoms with Crippen LogP contribution in [0.25, 0.3) is 0 Å². The third kappa shape index (κ3) is 5.55. The van der Waals surface area contributed by atoms with Crippen LogP contribution in [0.4, 0.5) is 0 Å². The highest BCUT2D eigenvalue weighted by molar-refractivity contribution is 8.00. The summed E-state index contributed by atoms with van der Waals surface area (Å²) in [6, 6.07) is 0.347. The van der Waals surface area contributed by atoms with Crippen LogP contribution in [0.1, 0.15) is 19.3 Å². The summed E-state index contributed by atoms with van der Waals surface area (Å²) in [6.45, 7) is 1.31. The first-order chi connectivity index (χ1) is 10.1. The van der Waals surface area contributed by atoms with Crippen LogP contribution in [-0.2, 0) is 14.4 Å². The van der Waals surface area contributed by atoms with E-state index in [0.717, 1.165) is 12.8 Å². The molecule has 2 rings (SSSR count). The van der Waals surface area contributed by atoms with Crippen molar-refractivity contribution in [1.82, 2.24) is 15.5 Å². The first-order valence-corrected chi connectivity index (χ1v) is 8.32. The second kappa shape index (κ2) is 7.65. The monoisotopic (exact) mass is 315 g/mol. The highest BCUT2D eigenvalue weighted by Crippen LogP contribution is 2.18. The van der Waals surface area contributed by atoms with E-state index in [2.05, 4.69) is 10.6 Å². The average Bonchev–Trinajstić information content (AvgIpc) is 3.19. The Morgan fingerprint density at radius 2 is 1.95 bits per heavy atom. The molecule has 1 heterocycles. The maximum absolute atomic E-state index is 11.6. The number of nitrogens with zero attached hydrogens (tertiary/aromatic N) is 1. The number of hydrogen-bond acceptors (Lipinski definition) is 5. The Kier molecular flexibility index (Phi) is 5.86. The molecule has 0 radical (unpaired) electrons. The quantitative estimate of drug-likeness (QED) is 0.517. The lowest BCUT2D eigenvalue weighted by atomic mass is 10.3. The molecule has 0 aromatic rings. The molecule has 0 unspecified atom stereocenters. The van der Waals surface area contributed by atoms with Gasteiger partial charge in [-0.3, -0.25) is 14.4 Å². The van der Waals surface area contributed by atoms with Gasteiger partial charge in [-0.15, -0.1) is 11.8 Å². The van der Waals surface area contributed by atoms with E-state index in [-0.39, 0.29) is 23.5 Å². The van der Waals surface area contributed by atoms with Gasteiger partial charge in [-0.2, -0.15) is 0 Å². The largest absolute Gasteiger partial charge is 0.383 e. The molecular weight excluding hydrogens is 294 g/mol. The van der Waals surface area contributed by atoms with E-state index in [9.17, 15) is 19.5 Å². The van der Waals surface area contributed by atoms with Gasteiger partial charge in [0, 0.05) is 25.7 Å². The van der Waals surface area contributed by atoms with E-state index in [1.807, 2.05) is 0 Å². The Labute approximate surface area is 127 Å². The number of hydrogen-bond donors (Lipinski definition) is 3. The van der Waals surface area contributed by atoms with Crippen LogP contribution in [-0.4, -0.2) is 71.0 Å². The summed E-state index contributed by atoms with van der Waals surface area (Å²) >= 11 is 1.28. The van der Waals surface area contributed by atoms with Crippen molar-refractivity contribution in [2.24, 2.45) is 0 Å². The second-order valence-electron chi connectivity index (χ2n) is 5.31. The summed E-state index contributed by atoms with van der Waals surface area (Å²) in [4.78, 5) is 35.9. The minimum atomic E-state index is -0.888. The minimum Gasteiger partial charge on any atom is -0.383 e. The fourth-order valence-corrected chi connectivity index (χ4v) is 2.72. The summed E-state index contributed by atoms with van der Waals surface area (Å²) in [5.41, 5.74) is 0. The fraction of sp³-hybridized carbons (Fsp3) is 0.769. The van der Waals surface area contributed by atoms with Gasteiger partial charge in [-0.1, -0.05) is 0 Å². The maximum Gasteiger partial charge on any atom is 0.251 e. The highest BCUT2D eigenvalue weighted by Gasteiger charge is 2.29. The molecule has 2 aliphatic rings. The van der Waals surface area contributed by atoms with Crippen molar-refractivity contribution in [3.8, 4) is 0 Å². The molecule has 1 saturated heterocycles. The van der Waals surface area contributed by atoms with E-state index >= 15 is 0 Å². The number of nitrogens with one attached hydrogen (secondary N) is 2. The van der Waals surface area contributed by atoms with Gasteiger partial charge in [0.25, 0.3) is 5.91 Å². The van der Waals surface area contributed by atoms with Crippen LogP contribution in [0.3, 0.4) is 0 Å². The summed E-state index contributed by atoms with van der Waals surface area (Å²) in [5.74, 6) is 0.0868. The Hall–Kier alpha value is -1.28. The second-order valence-corrected chi connectivity index (χ2v) is 6.30. The number of amides is 3. The van der Waals surface area contributed by atoms with Crippen LogP contribution in [0.5, 0.6) is 0 Å². The minimum absolute atomic E-state index is 0.0213. The predicted molar refractivity (Wildman–Crippen MR) is 78.7 cm³/mol. The lowest BCUT2D eigenvalue weighted by Gasteiger charge is -2.15. The normalized spacial score (nSPS) is 21.5. The molecule has 118 valence electrons. The van der Waals surface area contributed by atoms with E-state index in [1.54, 1.807) is 4.90 Å². The van der Waals surface area contributed by atoms with Crippen molar-refractivity contribution in [2.45, 2.75) is 31.4 Å². The third-order valence-corrected chi connectivity index (χ3v) is 4.31. The maximum atomic E-state index is 11.6. The molecule has 0 bridgehead atoms. The Morgan fingerprint density at radius 3 is 2.57 bits per heavy atom. The SMILES string of the molecule is O=C(CSCC(=O)NC1CC1)NCCN1CC[C@H](O)C1=O. The van der Waals surface area contributed by atoms with Crippen LogP contribution in [0.15, 0.2) is 0 Å². The summed E-state index contributed by atoms with van der Waals surface area (Å²) < 4.78 is 0. The zero-order valence-electron chi connectivity index (χ0n) is 11.8. The van der Waals surface area contributed by atoms with Gasteiger partial charge >= 0.3 is 0 Å². The fourth-order valence-electron chi connectivity index (χ4n) is 2.06. The molecule has 0 aromatic heterocycles. The number of rotatable bonds is 8. The van der Waals surface area contributed by atoms with Gasteiger partial charge in [0.05, 0.1) is 11.5 Å². The molecule has 21 heavy (non-hydrogen) atoms. The lowest BCUT2D eigenvalue weighted by Crippen LogP contribution is -2.38. The third-order valence-electron chi connectivity index (χ3n) is 3.38. The van der Waals surface area contributed by atoms with Gasteiger partial charge < -0.3 is 20.6 Å². The smallest absolute Gasteiger partial charge is 0.251 e. The van der Waals surface area contributed by atoms with Gasteiger partial charge in [-0.25, -0.2) is 0 Å². The van der Waals surface area contributed by atoms with Crippen molar-refractivity contribution < 1.29 is 19.5 Å². The van der Waals surface area contributed by atoms with E-state index < -0.39 is 6.10 Å². The lowest BCUT2D eigenvalue weighted by molar-refractivity contribution is -0.134. The molecule has 0 spiro atoms. The zero-order valence-corrected chi connectivity index (χ0v) is 12.7. The Bertz CT molecular complexity index is 414. The molecule has 3 amide bonds. The predicted octanol–water partition coefficient (Wildman–Crippen LogP) is -1.29. The molecule has 0 aromatic carbocycles. The standard InChI is InChI=1S/C13H21N3O4S/c17-10-3-5-16(13(10)20)6-4-14-11(18)7-21-8-12(19)15-9-1-2-9/h9-10,17H,1-8H2,(H,14,18)(H,15,19)/t10-/m0/s1. The van der Waals surface area contributed by atoms with Crippen molar-refractivity contribution >= 4 is 29.5 Å². The van der Waals surface area contributed by atoms with E-state index in [1.165, 1.54) is 11.8 Å². The molecule has 1 atom stereocenters. The number of thioether (sulfide) groups is 1. The van der Waals surface area contributed by atoms with Gasteiger partial charge in [0.15, 0.2) is 0 Å². The highest BCUT2D eigenvalue weighted by atomic mass is 32.2. The molecule has 2 fully saturated rings. The van der Waals surface area contributed by atoms with Crippen LogP contribution >= 0.6 is 11.8 Å². The van der Waals surface area contributed by atoms with Crippen molar-refractivity contribution in [1.29, 1.82) is 0 Å². The number of carbonyl (C=O) groups is 3. The van der Waals surface area contributed by atoms with Crippen molar-refractivity contribution in [3.63, 3.8) is 0 Å². The van der Waals surface area contributed by atoms with Crippen molar-refractivity contribution in [2.75, 3.05) is 31.1 Å². The zero-order chi connectivity index (χ0) is 15.2. The average molecular weight is 315 g/mol. The van der Waals surface area contributed by atoms with Gasteiger partial charge in [-0.05, 0) is 19.3 Å². The summed E-state index contributed by atoms with van der Waals surface area (Å²) in [5, 5.41) is 14.9. The van der Waals surface area contributed by atoms with E-state index in [0.29, 0.717) is 37.8 Å². The number of carbonyl (C=O) groups excluding carboxylic acids is 3. The van der Waals surface area contributed by atoms with E-state index in [4.69, 9.17) is 0 Å². The van der Waals surface area contributed by atoms with Gasteiger partial charge in [0.1, 0.15) is 6.10 Å². The van der Waals surface area contributed by atoms with Crippen LogP contribution in [0.2, 0.25) is 0 Å². The van der Waals surface area contributed by atoms with Crippen LogP contribution < -0.4 is 10.6 Å². The Balaban J connectivity index is 1.49.